The first-order valence-electron chi connectivity index (χ1n) is 17.4. The summed E-state index contributed by atoms with van der Waals surface area (Å²) >= 11 is 2.73. The maximum absolute atomic E-state index is 13.5. The van der Waals surface area contributed by atoms with Gasteiger partial charge in [-0.3, -0.25) is 29.8 Å². The Morgan fingerprint density at radius 2 is 1.55 bits per heavy atom. The first kappa shape index (κ1) is 39.3. The molecular formula is C36H38N6O11S2. The van der Waals surface area contributed by atoms with Gasteiger partial charge in [-0.05, 0) is 48.2 Å². The van der Waals surface area contributed by atoms with Crippen LogP contribution in [-0.4, -0.2) is 85.1 Å². The average molecular weight is 795 g/mol. The van der Waals surface area contributed by atoms with Gasteiger partial charge in [0.05, 0.1) is 27.9 Å². The third-order valence-corrected chi connectivity index (χ3v) is 12.0. The molecule has 2 fully saturated rings. The number of anilines is 1. The molecule has 0 saturated carbocycles. The number of nitro benzene ring substituents is 2. The van der Waals surface area contributed by atoms with Gasteiger partial charge in [0.1, 0.15) is 30.6 Å². The van der Waals surface area contributed by atoms with Crippen LogP contribution in [-0.2, 0) is 37.1 Å². The Kier molecular flexibility index (Phi) is 11.5. The van der Waals surface area contributed by atoms with Crippen LogP contribution in [0.4, 0.5) is 16.5 Å². The first-order valence-corrected chi connectivity index (χ1v) is 19.1. The van der Waals surface area contributed by atoms with Gasteiger partial charge in [-0.2, -0.15) is 0 Å². The number of aromatic nitrogens is 1. The van der Waals surface area contributed by atoms with Crippen molar-refractivity contribution < 1.29 is 43.6 Å². The van der Waals surface area contributed by atoms with Gasteiger partial charge in [0, 0.05) is 58.8 Å². The SMILES string of the molecule is CC(C)[C@H](NC(=O)c1csc(N2CC(SC3=C(C(=O)OCc4ccc([N+](=O)[O-])cc4)N4C(=O)[C@H]([C@@H](C)O)[C@H]4[C@H]3C)C2)n1)C(=O)OCc1ccc([N+](=O)[O-])cc1. The smallest absolute Gasteiger partial charge is 0.356 e. The fourth-order valence-electron chi connectivity index (χ4n) is 6.63. The average Bonchev–Trinajstić information content (AvgIpc) is 3.71. The highest BCUT2D eigenvalue weighted by Gasteiger charge is 2.60. The number of carbonyl (C=O) groups is 4. The number of hydrogen-bond acceptors (Lipinski definition) is 15. The molecule has 5 atom stereocenters. The van der Waals surface area contributed by atoms with E-state index in [1.54, 1.807) is 26.2 Å². The van der Waals surface area contributed by atoms with Gasteiger partial charge < -0.3 is 29.7 Å². The molecule has 17 nitrogen and oxygen atoms in total. The molecule has 4 heterocycles. The summed E-state index contributed by atoms with van der Waals surface area (Å²) in [7, 11) is 0. The van der Waals surface area contributed by atoms with Crippen molar-refractivity contribution >= 4 is 63.4 Å². The molecule has 3 aliphatic heterocycles. The second kappa shape index (κ2) is 16.1. The van der Waals surface area contributed by atoms with E-state index in [9.17, 15) is 44.5 Å². The Morgan fingerprint density at radius 3 is 2.07 bits per heavy atom. The number of aliphatic hydroxyl groups excluding tert-OH is 1. The number of fused-ring (bicyclic) bond motifs is 1. The van der Waals surface area contributed by atoms with Gasteiger partial charge >= 0.3 is 11.9 Å². The molecule has 55 heavy (non-hydrogen) atoms. The molecule has 2 aromatic carbocycles. The Bertz CT molecular complexity index is 2030. The van der Waals surface area contributed by atoms with Crippen LogP contribution in [0.1, 0.15) is 49.3 Å². The number of amides is 2. The molecular weight excluding hydrogens is 757 g/mol. The quantitative estimate of drug-likeness (QED) is 0.0953. The number of thiazole rings is 1. The standard InChI is InChI=1S/C36H38N6O11S2/c1-18(2)28(34(46)52-15-21-5-9-23(10-6-21)41(48)49)38-32(44)26-17-54-36(37-26)39-13-25(14-39)55-31-19(3)29-27(20(4)43)33(45)40(29)30(31)35(47)53-16-22-7-11-24(12-8-22)42(50)51/h5-12,17-20,25,27-29,43H,13-16H2,1-4H3,(H,38,44)/t19-,20-,27-,28+,29-/m1/s1. The lowest BCUT2D eigenvalue weighted by Crippen LogP contribution is -2.63. The molecule has 2 saturated heterocycles. The number of ether oxygens (including phenoxy) is 2. The van der Waals surface area contributed by atoms with E-state index in [1.165, 1.54) is 76.5 Å². The number of non-ortho nitro benzene ring substituents is 2. The fourth-order valence-corrected chi connectivity index (χ4v) is 8.98. The predicted molar refractivity (Wildman–Crippen MR) is 200 cm³/mol. The fraction of sp³-hybridized carbons (Fsp3) is 0.417. The maximum Gasteiger partial charge on any atom is 0.356 e. The highest BCUT2D eigenvalue weighted by Crippen LogP contribution is 2.52. The monoisotopic (exact) mass is 794 g/mol. The van der Waals surface area contributed by atoms with E-state index < -0.39 is 51.8 Å². The van der Waals surface area contributed by atoms with Gasteiger partial charge in [0.2, 0.25) is 5.91 Å². The molecule has 0 radical (unpaired) electrons. The van der Waals surface area contributed by atoms with E-state index in [0.29, 0.717) is 34.3 Å². The number of hydrogen-bond donors (Lipinski definition) is 2. The van der Waals surface area contributed by atoms with Gasteiger partial charge in [-0.1, -0.05) is 20.8 Å². The van der Waals surface area contributed by atoms with Gasteiger partial charge in [0.15, 0.2) is 5.13 Å². The summed E-state index contributed by atoms with van der Waals surface area (Å²) in [6.45, 7) is 7.77. The molecule has 0 bridgehead atoms. The van der Waals surface area contributed by atoms with Crippen molar-refractivity contribution in [3.63, 3.8) is 0 Å². The number of nitro groups is 2. The first-order chi connectivity index (χ1) is 26.1. The van der Waals surface area contributed by atoms with Crippen molar-refractivity contribution in [1.82, 2.24) is 15.2 Å². The zero-order chi connectivity index (χ0) is 39.7. The zero-order valence-electron chi connectivity index (χ0n) is 30.1. The van der Waals surface area contributed by atoms with Crippen LogP contribution in [0.25, 0.3) is 0 Å². The largest absolute Gasteiger partial charge is 0.459 e. The van der Waals surface area contributed by atoms with Crippen LogP contribution in [0.3, 0.4) is 0 Å². The molecule has 0 aliphatic carbocycles. The summed E-state index contributed by atoms with van der Waals surface area (Å²) in [5, 5.41) is 37.1. The Labute approximate surface area is 323 Å². The van der Waals surface area contributed by atoms with E-state index in [0.717, 1.165) is 0 Å². The Morgan fingerprint density at radius 1 is 0.982 bits per heavy atom. The third-order valence-electron chi connectivity index (χ3n) is 9.69. The van der Waals surface area contributed by atoms with Gasteiger partial charge in [-0.25, -0.2) is 14.6 Å². The second-order valence-electron chi connectivity index (χ2n) is 13.9. The molecule has 2 amide bonds. The molecule has 0 unspecified atom stereocenters. The van der Waals surface area contributed by atoms with Crippen LogP contribution in [0.2, 0.25) is 0 Å². The van der Waals surface area contributed by atoms with Crippen molar-refractivity contribution in [2.45, 2.75) is 64.3 Å². The van der Waals surface area contributed by atoms with E-state index in [4.69, 9.17) is 9.47 Å². The van der Waals surface area contributed by atoms with Crippen molar-refractivity contribution in [1.29, 1.82) is 0 Å². The van der Waals surface area contributed by atoms with E-state index in [1.807, 2.05) is 11.8 Å². The second-order valence-corrected chi connectivity index (χ2v) is 16.0. The van der Waals surface area contributed by atoms with Crippen molar-refractivity contribution in [3.8, 4) is 0 Å². The van der Waals surface area contributed by atoms with Crippen molar-refractivity contribution in [2.24, 2.45) is 17.8 Å². The summed E-state index contributed by atoms with van der Waals surface area (Å²) in [6, 6.07) is 9.86. The highest BCUT2D eigenvalue weighted by atomic mass is 32.2. The summed E-state index contributed by atoms with van der Waals surface area (Å²) in [6.07, 6.45) is -0.905. The molecule has 3 aliphatic rings. The molecule has 3 aromatic rings. The number of carbonyl (C=O) groups excluding carboxylic acids is 4. The topological polar surface area (TPSA) is 225 Å². The summed E-state index contributed by atoms with van der Waals surface area (Å²) in [5.41, 5.74) is 1.19. The van der Waals surface area contributed by atoms with Crippen LogP contribution >= 0.6 is 23.1 Å². The van der Waals surface area contributed by atoms with Gasteiger partial charge in [0.25, 0.3) is 17.3 Å². The molecule has 1 aromatic heterocycles. The van der Waals surface area contributed by atoms with Crippen LogP contribution in [0.5, 0.6) is 0 Å². The maximum atomic E-state index is 13.5. The number of aliphatic hydroxyl groups is 1. The minimum absolute atomic E-state index is 0.00532. The molecule has 6 rings (SSSR count). The number of rotatable bonds is 15. The number of nitrogens with zero attached hydrogens (tertiary/aromatic N) is 5. The van der Waals surface area contributed by atoms with Gasteiger partial charge in [-0.15, -0.1) is 23.1 Å². The van der Waals surface area contributed by atoms with E-state index in [2.05, 4.69) is 10.3 Å². The number of thioether (sulfide) groups is 1. The lowest BCUT2D eigenvalue weighted by Gasteiger charge is -2.46. The zero-order valence-corrected chi connectivity index (χ0v) is 31.8. The molecule has 290 valence electrons. The third kappa shape index (κ3) is 8.18. The number of benzene rings is 2. The lowest BCUT2D eigenvalue weighted by molar-refractivity contribution is -0.385. The minimum Gasteiger partial charge on any atom is -0.459 e. The summed E-state index contributed by atoms with van der Waals surface area (Å²) < 4.78 is 11.0. The Hall–Kier alpha value is -5.40. The normalized spacial score (nSPS) is 20.3. The highest BCUT2D eigenvalue weighted by molar-refractivity contribution is 8.03. The van der Waals surface area contributed by atoms with Crippen LogP contribution in [0, 0.1) is 38.0 Å². The van der Waals surface area contributed by atoms with E-state index >= 15 is 0 Å². The molecule has 0 spiro atoms. The number of nitrogens with one attached hydrogen (secondary N) is 1. The molecule has 19 heteroatoms. The summed E-state index contributed by atoms with van der Waals surface area (Å²) in [5.74, 6) is -3.48. The minimum atomic E-state index is -0.969. The number of esters is 2. The summed E-state index contributed by atoms with van der Waals surface area (Å²) in [4.78, 5) is 82.2. The predicted octanol–water partition coefficient (Wildman–Crippen LogP) is 4.19. The van der Waals surface area contributed by atoms with Crippen molar-refractivity contribution in [3.05, 3.63) is 102 Å². The van der Waals surface area contributed by atoms with Crippen LogP contribution in [0.15, 0.2) is 64.5 Å². The van der Waals surface area contributed by atoms with Crippen LogP contribution < -0.4 is 10.2 Å². The number of β-lactam (4-membered cyclic amide) rings is 1. The lowest BCUT2D eigenvalue weighted by atomic mass is 9.79. The van der Waals surface area contributed by atoms with E-state index in [-0.39, 0.29) is 59.0 Å². The Balaban J connectivity index is 1.06. The molecule has 2 N–H and O–H groups in total. The van der Waals surface area contributed by atoms with Crippen molar-refractivity contribution in [2.75, 3.05) is 18.0 Å².